The van der Waals surface area contributed by atoms with Gasteiger partial charge in [-0.3, -0.25) is 10.1 Å². The van der Waals surface area contributed by atoms with Crippen LogP contribution in [0.15, 0.2) is 23.1 Å². The van der Waals surface area contributed by atoms with Gasteiger partial charge in [0.15, 0.2) is 9.84 Å². The number of hydrogen-bond donors (Lipinski definition) is 1. The molecule has 7 heteroatoms. The molecule has 1 N–H and O–H groups in total. The minimum atomic E-state index is -3.65. The second-order valence-electron chi connectivity index (χ2n) is 6.81. The number of hydrogen-bond acceptors (Lipinski definition) is 5. The molecular formula is C15H22N2O4S. The first-order chi connectivity index (χ1) is 10.1. The molecule has 22 heavy (non-hydrogen) atoms. The van der Waals surface area contributed by atoms with Crippen LogP contribution in [-0.4, -0.2) is 25.6 Å². The first-order valence-corrected chi connectivity index (χ1v) is 9.23. The van der Waals surface area contributed by atoms with Gasteiger partial charge in [-0.05, 0) is 36.8 Å². The molecule has 1 aliphatic rings. The van der Waals surface area contributed by atoms with Crippen LogP contribution in [0, 0.1) is 15.5 Å². The second-order valence-corrected chi connectivity index (χ2v) is 8.80. The zero-order chi connectivity index (χ0) is 16.5. The Labute approximate surface area is 131 Å². The zero-order valence-corrected chi connectivity index (χ0v) is 13.9. The summed E-state index contributed by atoms with van der Waals surface area (Å²) in [5.41, 5.74) is 0.502. The summed E-state index contributed by atoms with van der Waals surface area (Å²) in [4.78, 5) is 10.1. The fourth-order valence-corrected chi connectivity index (χ4v) is 3.97. The average Bonchev–Trinajstić information content (AvgIpc) is 2.36. The van der Waals surface area contributed by atoms with Crippen molar-refractivity contribution in [1.82, 2.24) is 0 Å². The summed E-state index contributed by atoms with van der Waals surface area (Å²) < 4.78 is 23.5. The van der Waals surface area contributed by atoms with E-state index in [1.165, 1.54) is 18.6 Å². The van der Waals surface area contributed by atoms with Crippen molar-refractivity contribution in [3.63, 3.8) is 0 Å². The van der Waals surface area contributed by atoms with Crippen molar-refractivity contribution in [3.05, 3.63) is 28.3 Å². The quantitative estimate of drug-likeness (QED) is 0.676. The van der Waals surface area contributed by atoms with Gasteiger partial charge in [0, 0.05) is 24.1 Å². The van der Waals surface area contributed by atoms with E-state index in [1.54, 1.807) is 6.07 Å². The van der Waals surface area contributed by atoms with Crippen LogP contribution in [0.4, 0.5) is 11.4 Å². The maximum Gasteiger partial charge on any atom is 0.288 e. The van der Waals surface area contributed by atoms with Crippen molar-refractivity contribution in [2.45, 2.75) is 50.5 Å². The molecule has 0 bridgehead atoms. The van der Waals surface area contributed by atoms with Gasteiger partial charge in [-0.15, -0.1) is 0 Å². The molecule has 0 amide bonds. The molecule has 122 valence electrons. The molecule has 1 saturated carbocycles. The van der Waals surface area contributed by atoms with Crippen LogP contribution in [0.2, 0.25) is 0 Å². The average molecular weight is 326 g/mol. The molecule has 1 aromatic carbocycles. The van der Waals surface area contributed by atoms with Crippen molar-refractivity contribution in [2.75, 3.05) is 11.6 Å². The Morgan fingerprint density at radius 3 is 2.59 bits per heavy atom. The lowest BCUT2D eigenvalue weighted by atomic mass is 9.75. The third-order valence-electron chi connectivity index (χ3n) is 4.13. The molecule has 0 spiro atoms. The molecule has 0 aliphatic heterocycles. The van der Waals surface area contributed by atoms with Gasteiger partial charge in [0.1, 0.15) is 4.90 Å². The summed E-state index contributed by atoms with van der Waals surface area (Å²) in [5.74, 6) is 0. The van der Waals surface area contributed by atoms with Gasteiger partial charge in [0.25, 0.3) is 5.69 Å². The van der Waals surface area contributed by atoms with E-state index in [-0.39, 0.29) is 22.0 Å². The van der Waals surface area contributed by atoms with Crippen LogP contribution < -0.4 is 5.32 Å². The monoisotopic (exact) mass is 326 g/mol. The van der Waals surface area contributed by atoms with E-state index in [9.17, 15) is 18.5 Å². The molecule has 1 aromatic rings. The fourth-order valence-electron chi connectivity index (χ4n) is 3.11. The summed E-state index contributed by atoms with van der Waals surface area (Å²) in [6.07, 6.45) is 5.31. The zero-order valence-electron chi connectivity index (χ0n) is 13.1. The molecule has 0 aromatic heterocycles. The first-order valence-electron chi connectivity index (χ1n) is 7.33. The van der Waals surface area contributed by atoms with Crippen molar-refractivity contribution < 1.29 is 13.3 Å². The van der Waals surface area contributed by atoms with Gasteiger partial charge in [-0.2, -0.15) is 0 Å². The van der Waals surface area contributed by atoms with Crippen LogP contribution in [0.1, 0.15) is 39.5 Å². The highest BCUT2D eigenvalue weighted by atomic mass is 32.2. The third-order valence-corrected chi connectivity index (χ3v) is 5.26. The van der Waals surface area contributed by atoms with Crippen molar-refractivity contribution >= 4 is 21.2 Å². The highest BCUT2D eigenvalue weighted by Crippen LogP contribution is 2.37. The van der Waals surface area contributed by atoms with Crippen LogP contribution in [0.5, 0.6) is 0 Å². The number of nitro benzene ring substituents is 1. The molecule has 0 heterocycles. The highest BCUT2D eigenvalue weighted by molar-refractivity contribution is 7.90. The number of nitrogens with one attached hydrogen (secondary N) is 1. The van der Waals surface area contributed by atoms with Gasteiger partial charge < -0.3 is 5.32 Å². The maximum atomic E-state index is 11.8. The molecule has 6 nitrogen and oxygen atoms in total. The molecule has 1 unspecified atom stereocenters. The van der Waals surface area contributed by atoms with E-state index >= 15 is 0 Å². The van der Waals surface area contributed by atoms with Gasteiger partial charge in [-0.1, -0.05) is 20.3 Å². The number of benzene rings is 1. The van der Waals surface area contributed by atoms with E-state index in [4.69, 9.17) is 0 Å². The largest absolute Gasteiger partial charge is 0.382 e. The Balaban J connectivity index is 2.28. The molecule has 0 radical (unpaired) electrons. The van der Waals surface area contributed by atoms with E-state index in [0.29, 0.717) is 5.69 Å². The second kappa shape index (κ2) is 5.87. The van der Waals surface area contributed by atoms with Gasteiger partial charge in [0.2, 0.25) is 0 Å². The van der Waals surface area contributed by atoms with E-state index in [1.807, 2.05) is 0 Å². The molecular weight excluding hydrogens is 304 g/mol. The molecule has 0 saturated heterocycles. The van der Waals surface area contributed by atoms with Gasteiger partial charge in [0.05, 0.1) is 4.92 Å². The lowest BCUT2D eigenvalue weighted by molar-refractivity contribution is -0.387. The Bertz CT molecular complexity index is 683. The maximum absolute atomic E-state index is 11.8. The minimum absolute atomic E-state index is 0.238. The van der Waals surface area contributed by atoms with Crippen molar-refractivity contribution in [2.24, 2.45) is 5.41 Å². The Morgan fingerprint density at radius 1 is 1.36 bits per heavy atom. The summed E-state index contributed by atoms with van der Waals surface area (Å²) in [6, 6.07) is 4.47. The van der Waals surface area contributed by atoms with Crippen molar-refractivity contribution in [1.29, 1.82) is 0 Å². The summed E-state index contributed by atoms with van der Waals surface area (Å²) in [5, 5.41) is 14.3. The van der Waals surface area contributed by atoms with Crippen LogP contribution >= 0.6 is 0 Å². The smallest absolute Gasteiger partial charge is 0.288 e. The number of sulfone groups is 1. The summed E-state index contributed by atoms with van der Waals surface area (Å²) in [7, 11) is -3.65. The third kappa shape index (κ3) is 3.97. The van der Waals surface area contributed by atoms with E-state index < -0.39 is 14.8 Å². The predicted molar refractivity (Wildman–Crippen MR) is 85.9 cm³/mol. The molecule has 1 fully saturated rings. The first kappa shape index (κ1) is 16.7. The van der Waals surface area contributed by atoms with Crippen molar-refractivity contribution in [3.8, 4) is 0 Å². The molecule has 1 aliphatic carbocycles. The van der Waals surface area contributed by atoms with Gasteiger partial charge in [-0.25, -0.2) is 8.42 Å². The van der Waals surface area contributed by atoms with Crippen LogP contribution in [0.3, 0.4) is 0 Å². The van der Waals surface area contributed by atoms with Crippen LogP contribution in [0.25, 0.3) is 0 Å². The topological polar surface area (TPSA) is 89.3 Å². The highest BCUT2D eigenvalue weighted by Gasteiger charge is 2.28. The number of nitrogens with zero attached hydrogens (tertiary/aromatic N) is 1. The van der Waals surface area contributed by atoms with E-state index in [2.05, 4.69) is 19.2 Å². The standard InChI is InChI=1S/C15H22N2O4S/c1-15(2)8-4-5-12(10-15)16-11-6-7-13(17(18)19)14(9-11)22(3,20)21/h6-7,9,12,16H,4-5,8,10H2,1-3H3. The van der Waals surface area contributed by atoms with Crippen LogP contribution in [-0.2, 0) is 9.84 Å². The van der Waals surface area contributed by atoms with E-state index in [0.717, 1.165) is 25.5 Å². The molecule has 1 atom stereocenters. The Hall–Kier alpha value is -1.63. The van der Waals surface area contributed by atoms with Gasteiger partial charge >= 0.3 is 0 Å². The lowest BCUT2D eigenvalue weighted by Crippen LogP contribution is -2.31. The summed E-state index contributed by atoms with van der Waals surface area (Å²) >= 11 is 0. The fraction of sp³-hybridized carbons (Fsp3) is 0.600. The number of anilines is 1. The number of rotatable bonds is 4. The predicted octanol–water partition coefficient (Wildman–Crippen LogP) is 3.38. The minimum Gasteiger partial charge on any atom is -0.382 e. The number of nitro groups is 1. The summed E-state index contributed by atoms with van der Waals surface area (Å²) in [6.45, 7) is 4.44. The molecule has 2 rings (SSSR count). The Morgan fingerprint density at radius 2 is 2.05 bits per heavy atom. The normalized spacial score (nSPS) is 21.3. The lowest BCUT2D eigenvalue weighted by Gasteiger charge is -2.36. The Kier molecular flexibility index (Phi) is 4.47. The SMILES string of the molecule is CC1(C)CCCC(Nc2ccc([N+](=O)[O-])c(S(C)(=O)=O)c2)C1.